The topological polar surface area (TPSA) is 88.9 Å². The van der Waals surface area contributed by atoms with E-state index in [4.69, 9.17) is 9.97 Å². The Labute approximate surface area is 205 Å². The van der Waals surface area contributed by atoms with E-state index in [1.54, 1.807) is 0 Å². The Hall–Kier alpha value is -3.78. The first-order chi connectivity index (χ1) is 17.0. The molecule has 176 valence electrons. The molecule has 2 amide bonds. The van der Waals surface area contributed by atoms with Gasteiger partial charge in [0.05, 0.1) is 22.1 Å². The number of hydrogen-bond acceptors (Lipinski definition) is 5. The first-order valence-electron chi connectivity index (χ1n) is 11.9. The van der Waals surface area contributed by atoms with Gasteiger partial charge < -0.3 is 5.32 Å². The van der Waals surface area contributed by atoms with Crippen molar-refractivity contribution >= 4 is 60.1 Å². The van der Waals surface area contributed by atoms with Crippen LogP contribution in [-0.4, -0.2) is 20.6 Å². The van der Waals surface area contributed by atoms with Crippen molar-refractivity contribution in [1.82, 2.24) is 14.5 Å². The quantitative estimate of drug-likeness (QED) is 0.298. The number of fused-ring (bicyclic) bond motifs is 4. The zero-order valence-corrected chi connectivity index (χ0v) is 20.4. The van der Waals surface area contributed by atoms with Gasteiger partial charge in [0.2, 0.25) is 0 Å². The zero-order valence-electron chi connectivity index (χ0n) is 19.6. The average Bonchev–Trinajstić information content (AvgIpc) is 3.03. The number of rotatable bonds is 2. The summed E-state index contributed by atoms with van der Waals surface area (Å²) in [5.74, 6) is 1.43. The molecule has 1 atom stereocenters. The van der Waals surface area contributed by atoms with Crippen molar-refractivity contribution in [2.24, 2.45) is 5.92 Å². The molecule has 0 saturated heterocycles. The standard InChI is InChI=1S/C27H25N5O2S/c1-15-11-12-21-29-25-22(26(33)32(21)14-13-15)16(2)24(35-25)31-27(34)30-23-17-7-3-5-9-19(17)28-20-10-6-4-8-18(20)23/h3-10,15H,11-14H2,1-2H3,(H2,28,30,31,34)/t15-/m0/s1. The predicted octanol–water partition coefficient (Wildman–Crippen LogP) is 6.08. The summed E-state index contributed by atoms with van der Waals surface area (Å²) < 4.78 is 1.82. The molecule has 1 aliphatic rings. The highest BCUT2D eigenvalue weighted by Crippen LogP contribution is 2.34. The van der Waals surface area contributed by atoms with Crippen LogP contribution in [0.25, 0.3) is 32.0 Å². The summed E-state index contributed by atoms with van der Waals surface area (Å²) in [6.45, 7) is 4.79. The number of thiophene rings is 1. The summed E-state index contributed by atoms with van der Waals surface area (Å²) in [5, 5.41) is 8.99. The van der Waals surface area contributed by atoms with Crippen molar-refractivity contribution in [3.05, 3.63) is 70.3 Å². The first kappa shape index (κ1) is 21.7. The maximum Gasteiger partial charge on any atom is 0.324 e. The largest absolute Gasteiger partial charge is 0.324 e. The Morgan fingerprint density at radius 1 is 1.00 bits per heavy atom. The summed E-state index contributed by atoms with van der Waals surface area (Å²) in [6, 6.07) is 15.1. The van der Waals surface area contributed by atoms with E-state index in [9.17, 15) is 9.59 Å². The van der Waals surface area contributed by atoms with E-state index in [0.717, 1.165) is 52.5 Å². The molecule has 0 unspecified atom stereocenters. The summed E-state index contributed by atoms with van der Waals surface area (Å²) >= 11 is 1.36. The van der Waals surface area contributed by atoms with Crippen molar-refractivity contribution < 1.29 is 4.79 Å². The lowest BCUT2D eigenvalue weighted by Crippen LogP contribution is -2.24. The fourth-order valence-electron chi connectivity index (χ4n) is 4.89. The van der Waals surface area contributed by atoms with Crippen molar-refractivity contribution in [1.29, 1.82) is 0 Å². The van der Waals surface area contributed by atoms with Crippen LogP contribution < -0.4 is 16.2 Å². The second-order valence-corrected chi connectivity index (χ2v) is 10.3. The second kappa shape index (κ2) is 8.46. The lowest BCUT2D eigenvalue weighted by Gasteiger charge is -2.13. The second-order valence-electron chi connectivity index (χ2n) is 9.25. The Morgan fingerprint density at radius 2 is 1.69 bits per heavy atom. The maximum atomic E-state index is 13.3. The lowest BCUT2D eigenvalue weighted by atomic mass is 10.0. The molecular formula is C27H25N5O2S. The molecule has 0 aliphatic carbocycles. The summed E-state index contributed by atoms with van der Waals surface area (Å²) in [4.78, 5) is 36.7. The molecule has 3 aromatic heterocycles. The van der Waals surface area contributed by atoms with Crippen LogP contribution in [0.1, 0.15) is 31.2 Å². The molecule has 8 heteroatoms. The van der Waals surface area contributed by atoms with E-state index < -0.39 is 0 Å². The summed E-state index contributed by atoms with van der Waals surface area (Å²) in [5.41, 5.74) is 3.09. The van der Waals surface area contributed by atoms with Gasteiger partial charge in [-0.3, -0.25) is 14.7 Å². The van der Waals surface area contributed by atoms with E-state index in [0.29, 0.717) is 33.4 Å². The maximum absolute atomic E-state index is 13.3. The van der Waals surface area contributed by atoms with Gasteiger partial charge in [0.25, 0.3) is 5.56 Å². The monoisotopic (exact) mass is 483 g/mol. The minimum Gasteiger partial charge on any atom is -0.306 e. The number of nitrogens with one attached hydrogen (secondary N) is 2. The number of hydrogen-bond donors (Lipinski definition) is 2. The summed E-state index contributed by atoms with van der Waals surface area (Å²) in [6.07, 6.45) is 2.81. The SMILES string of the molecule is Cc1c(NC(=O)Nc2c3ccccc3nc3ccccc23)sc2nc3n(c(=O)c12)CC[C@@H](C)CC3. The van der Waals surface area contributed by atoms with Gasteiger partial charge in [-0.2, -0.15) is 0 Å². The van der Waals surface area contributed by atoms with Crippen LogP contribution in [0, 0.1) is 12.8 Å². The van der Waals surface area contributed by atoms with Crippen LogP contribution >= 0.6 is 11.3 Å². The Bertz CT molecular complexity index is 1630. The molecule has 4 heterocycles. The zero-order chi connectivity index (χ0) is 24.1. The van der Waals surface area contributed by atoms with Crippen molar-refractivity contribution in [3.63, 3.8) is 0 Å². The molecule has 1 aliphatic heterocycles. The smallest absolute Gasteiger partial charge is 0.306 e. The number of carbonyl (C=O) groups is 1. The van der Waals surface area contributed by atoms with Crippen LogP contribution in [0.2, 0.25) is 0 Å². The summed E-state index contributed by atoms with van der Waals surface area (Å²) in [7, 11) is 0. The van der Waals surface area contributed by atoms with E-state index in [1.165, 1.54) is 11.3 Å². The van der Waals surface area contributed by atoms with E-state index >= 15 is 0 Å². The number of pyridine rings is 1. The average molecular weight is 484 g/mol. The molecular weight excluding hydrogens is 458 g/mol. The van der Waals surface area contributed by atoms with Crippen LogP contribution in [0.3, 0.4) is 0 Å². The van der Waals surface area contributed by atoms with Gasteiger partial charge in [0, 0.05) is 23.7 Å². The fourth-order valence-corrected chi connectivity index (χ4v) is 5.98. The van der Waals surface area contributed by atoms with E-state index in [-0.39, 0.29) is 11.6 Å². The number of aryl methyl sites for hydroxylation is 2. The minimum atomic E-state index is -0.364. The van der Waals surface area contributed by atoms with E-state index in [2.05, 4.69) is 17.6 Å². The van der Waals surface area contributed by atoms with Crippen LogP contribution in [0.15, 0.2) is 53.3 Å². The number of benzene rings is 2. The van der Waals surface area contributed by atoms with Crippen molar-refractivity contribution in [2.45, 2.75) is 39.7 Å². The highest BCUT2D eigenvalue weighted by Gasteiger charge is 2.22. The van der Waals surface area contributed by atoms with Gasteiger partial charge in [0.1, 0.15) is 15.7 Å². The lowest BCUT2D eigenvalue weighted by molar-refractivity contribution is 0.262. The Morgan fingerprint density at radius 3 is 2.40 bits per heavy atom. The highest BCUT2D eigenvalue weighted by molar-refractivity contribution is 7.22. The van der Waals surface area contributed by atoms with Crippen molar-refractivity contribution in [3.8, 4) is 0 Å². The van der Waals surface area contributed by atoms with Gasteiger partial charge in [-0.05, 0) is 43.4 Å². The molecule has 5 aromatic rings. The molecule has 35 heavy (non-hydrogen) atoms. The number of amides is 2. The number of aromatic nitrogens is 3. The van der Waals surface area contributed by atoms with Gasteiger partial charge in [-0.25, -0.2) is 14.8 Å². The Kier molecular flexibility index (Phi) is 5.25. The normalized spacial score (nSPS) is 15.8. The predicted molar refractivity (Wildman–Crippen MR) is 143 cm³/mol. The van der Waals surface area contributed by atoms with Gasteiger partial charge in [-0.15, -0.1) is 0 Å². The third-order valence-corrected chi connectivity index (χ3v) is 7.99. The highest BCUT2D eigenvalue weighted by atomic mass is 32.1. The molecule has 7 nitrogen and oxygen atoms in total. The number of urea groups is 1. The van der Waals surface area contributed by atoms with Crippen LogP contribution in [-0.2, 0) is 13.0 Å². The molecule has 0 spiro atoms. The third-order valence-electron chi connectivity index (χ3n) is 6.89. The third kappa shape index (κ3) is 3.74. The molecule has 0 bridgehead atoms. The van der Waals surface area contributed by atoms with Crippen LogP contribution in [0.5, 0.6) is 0 Å². The van der Waals surface area contributed by atoms with Gasteiger partial charge in [-0.1, -0.05) is 54.7 Å². The molecule has 6 rings (SSSR count). The molecule has 0 saturated carbocycles. The first-order valence-corrected chi connectivity index (χ1v) is 12.7. The Balaban J connectivity index is 1.37. The van der Waals surface area contributed by atoms with Crippen LogP contribution in [0.4, 0.5) is 15.5 Å². The van der Waals surface area contributed by atoms with Gasteiger partial charge in [0.15, 0.2) is 0 Å². The van der Waals surface area contributed by atoms with Crippen molar-refractivity contribution in [2.75, 3.05) is 10.6 Å². The minimum absolute atomic E-state index is 0.00701. The number of para-hydroxylation sites is 2. The number of anilines is 2. The fraction of sp³-hybridized carbons (Fsp3) is 0.259. The number of nitrogens with zero attached hydrogens (tertiary/aromatic N) is 3. The molecule has 0 fully saturated rings. The van der Waals surface area contributed by atoms with E-state index in [1.807, 2.05) is 60.0 Å². The molecule has 0 radical (unpaired) electrons. The molecule has 2 N–H and O–H groups in total. The number of carbonyl (C=O) groups excluding carboxylic acids is 1. The molecule has 2 aromatic carbocycles. The van der Waals surface area contributed by atoms with Gasteiger partial charge >= 0.3 is 6.03 Å².